The summed E-state index contributed by atoms with van der Waals surface area (Å²) in [6.07, 6.45) is 6.07. The Morgan fingerprint density at radius 1 is 1.06 bits per heavy atom. The minimum atomic E-state index is -0.550. The predicted molar refractivity (Wildman–Crippen MR) is 143 cm³/mol. The van der Waals surface area contributed by atoms with E-state index in [0.717, 1.165) is 23.2 Å². The van der Waals surface area contributed by atoms with Crippen LogP contribution in [0.3, 0.4) is 0 Å². The first-order valence-corrected chi connectivity index (χ1v) is 13.5. The number of ether oxygens (including phenoxy) is 1. The van der Waals surface area contributed by atoms with Crippen molar-refractivity contribution in [3.8, 4) is 11.3 Å². The van der Waals surface area contributed by atoms with E-state index in [-0.39, 0.29) is 12.5 Å². The van der Waals surface area contributed by atoms with Crippen LogP contribution in [0.15, 0.2) is 60.0 Å². The van der Waals surface area contributed by atoms with Crippen LogP contribution in [0, 0.1) is 0 Å². The van der Waals surface area contributed by atoms with Gasteiger partial charge in [-0.25, -0.2) is 9.78 Å². The normalized spacial score (nSPS) is 17.8. The van der Waals surface area contributed by atoms with Gasteiger partial charge in [-0.3, -0.25) is 9.69 Å². The molecular formula is C28H32N4O3S. The molecule has 2 heterocycles. The average molecular weight is 505 g/mol. The Morgan fingerprint density at radius 3 is 2.56 bits per heavy atom. The number of nitrogens with zero attached hydrogens (tertiary/aromatic N) is 3. The van der Waals surface area contributed by atoms with Crippen molar-refractivity contribution in [1.82, 2.24) is 9.88 Å². The van der Waals surface area contributed by atoms with Gasteiger partial charge in [0, 0.05) is 36.3 Å². The quantitative estimate of drug-likeness (QED) is 0.432. The Morgan fingerprint density at radius 2 is 1.81 bits per heavy atom. The van der Waals surface area contributed by atoms with Crippen LogP contribution in [0.25, 0.3) is 11.3 Å². The number of aromatic nitrogens is 1. The molecule has 188 valence electrons. The maximum atomic E-state index is 13.0. The van der Waals surface area contributed by atoms with Gasteiger partial charge in [0.2, 0.25) is 5.91 Å². The van der Waals surface area contributed by atoms with E-state index in [0.29, 0.717) is 24.1 Å². The van der Waals surface area contributed by atoms with Crippen LogP contribution in [0.5, 0.6) is 0 Å². The number of likely N-dealkylation sites (tertiary alicyclic amines) is 1. The summed E-state index contributed by atoms with van der Waals surface area (Å²) in [5, 5.41) is 5.39. The minimum Gasteiger partial charge on any atom is -0.445 e. The molecule has 8 heteroatoms. The Hall–Kier alpha value is -3.39. The third-order valence-electron chi connectivity index (χ3n) is 7.17. The summed E-state index contributed by atoms with van der Waals surface area (Å²) in [5.41, 5.74) is 3.98. The Balaban J connectivity index is 1.17. The van der Waals surface area contributed by atoms with E-state index >= 15 is 0 Å². The largest absolute Gasteiger partial charge is 0.445 e. The minimum absolute atomic E-state index is 0.190. The second-order valence-electron chi connectivity index (χ2n) is 9.51. The molecule has 1 aliphatic heterocycles. The molecular weight excluding hydrogens is 472 g/mol. The fourth-order valence-corrected chi connectivity index (χ4v) is 5.80. The first-order valence-electron chi connectivity index (χ1n) is 12.7. The van der Waals surface area contributed by atoms with Gasteiger partial charge in [-0.05, 0) is 43.4 Å². The zero-order valence-corrected chi connectivity index (χ0v) is 21.4. The molecule has 5 rings (SSSR count). The van der Waals surface area contributed by atoms with Crippen molar-refractivity contribution in [2.24, 2.45) is 0 Å². The molecule has 0 radical (unpaired) electrons. The standard InChI is InChI=1S/C28H32N4O3S/c1-31(22-10-5-6-11-22)23-15-13-21(14-16-23)24-19-36-27(29-24)30-26(33)25-12-7-17-32(25)28(34)35-18-20-8-3-2-4-9-20/h2-4,8-9,13-16,19,22,25H,5-7,10-12,17-18H2,1H3,(H,29,30,33). The van der Waals surface area contributed by atoms with Crippen molar-refractivity contribution in [3.05, 3.63) is 65.5 Å². The third-order valence-corrected chi connectivity index (χ3v) is 7.93. The lowest BCUT2D eigenvalue weighted by atomic mass is 10.1. The second-order valence-corrected chi connectivity index (χ2v) is 10.4. The van der Waals surface area contributed by atoms with Crippen LogP contribution in [-0.4, -0.2) is 47.6 Å². The summed E-state index contributed by atoms with van der Waals surface area (Å²) in [6.45, 7) is 0.700. The summed E-state index contributed by atoms with van der Waals surface area (Å²) in [5.74, 6) is -0.224. The van der Waals surface area contributed by atoms with E-state index < -0.39 is 12.1 Å². The van der Waals surface area contributed by atoms with E-state index in [1.807, 2.05) is 35.7 Å². The highest BCUT2D eigenvalue weighted by atomic mass is 32.1. The van der Waals surface area contributed by atoms with E-state index in [9.17, 15) is 9.59 Å². The Kier molecular flexibility index (Phi) is 7.51. The molecule has 36 heavy (non-hydrogen) atoms. The van der Waals surface area contributed by atoms with Gasteiger partial charge in [0.15, 0.2) is 5.13 Å². The smallest absolute Gasteiger partial charge is 0.410 e. The number of hydrogen-bond donors (Lipinski definition) is 1. The van der Waals surface area contributed by atoms with Gasteiger partial charge in [-0.2, -0.15) is 0 Å². The summed E-state index contributed by atoms with van der Waals surface area (Å²) in [7, 11) is 2.17. The fourth-order valence-electron chi connectivity index (χ4n) is 5.08. The van der Waals surface area contributed by atoms with Gasteiger partial charge in [-0.1, -0.05) is 55.3 Å². The maximum Gasteiger partial charge on any atom is 0.410 e. The van der Waals surface area contributed by atoms with Gasteiger partial charge < -0.3 is 15.0 Å². The topological polar surface area (TPSA) is 74.8 Å². The summed E-state index contributed by atoms with van der Waals surface area (Å²) < 4.78 is 5.45. The van der Waals surface area contributed by atoms with Crippen molar-refractivity contribution in [2.75, 3.05) is 23.8 Å². The molecule has 1 N–H and O–H groups in total. The fraction of sp³-hybridized carbons (Fsp3) is 0.393. The van der Waals surface area contributed by atoms with Crippen LogP contribution in [0.2, 0.25) is 0 Å². The van der Waals surface area contributed by atoms with Gasteiger partial charge in [-0.15, -0.1) is 11.3 Å². The van der Waals surface area contributed by atoms with E-state index in [4.69, 9.17) is 4.74 Å². The lowest BCUT2D eigenvalue weighted by molar-refractivity contribution is -0.120. The van der Waals surface area contributed by atoms with Crippen molar-refractivity contribution in [2.45, 2.75) is 57.2 Å². The molecule has 1 atom stereocenters. The SMILES string of the molecule is CN(c1ccc(-c2csc(NC(=O)C3CCCN3C(=O)OCc3ccccc3)n2)cc1)C1CCCC1. The first-order chi connectivity index (χ1) is 17.6. The van der Waals surface area contributed by atoms with Crippen LogP contribution >= 0.6 is 11.3 Å². The molecule has 1 saturated heterocycles. The number of carbonyl (C=O) groups is 2. The number of hydrogen-bond acceptors (Lipinski definition) is 6. The number of anilines is 2. The highest BCUT2D eigenvalue weighted by Crippen LogP contribution is 2.30. The molecule has 2 aromatic carbocycles. The summed E-state index contributed by atoms with van der Waals surface area (Å²) in [6, 6.07) is 18.1. The van der Waals surface area contributed by atoms with Crippen molar-refractivity contribution < 1.29 is 14.3 Å². The molecule has 1 unspecified atom stereocenters. The van der Waals surface area contributed by atoms with Crippen molar-refractivity contribution >= 4 is 34.2 Å². The van der Waals surface area contributed by atoms with E-state index in [2.05, 4.69) is 46.5 Å². The number of nitrogens with one attached hydrogen (secondary N) is 1. The highest BCUT2D eigenvalue weighted by Gasteiger charge is 2.35. The van der Waals surface area contributed by atoms with Crippen molar-refractivity contribution in [1.29, 1.82) is 0 Å². The van der Waals surface area contributed by atoms with Crippen LogP contribution in [0.4, 0.5) is 15.6 Å². The molecule has 1 aliphatic carbocycles. The van der Waals surface area contributed by atoms with Crippen LogP contribution in [-0.2, 0) is 16.1 Å². The zero-order chi connectivity index (χ0) is 24.9. The van der Waals surface area contributed by atoms with E-state index in [1.54, 1.807) is 0 Å². The Bertz CT molecular complexity index is 1180. The molecule has 3 aromatic rings. The zero-order valence-electron chi connectivity index (χ0n) is 20.6. The molecule has 7 nitrogen and oxygen atoms in total. The summed E-state index contributed by atoms with van der Waals surface area (Å²) >= 11 is 1.39. The van der Waals surface area contributed by atoms with Crippen LogP contribution < -0.4 is 10.2 Å². The predicted octanol–water partition coefficient (Wildman–Crippen LogP) is 5.93. The average Bonchev–Trinajstić information content (AvgIpc) is 3.69. The molecule has 0 bridgehead atoms. The van der Waals surface area contributed by atoms with Gasteiger partial charge in [0.05, 0.1) is 5.69 Å². The Labute approximate surface area is 216 Å². The lowest BCUT2D eigenvalue weighted by Crippen LogP contribution is -2.43. The molecule has 2 aliphatic rings. The monoisotopic (exact) mass is 504 g/mol. The maximum absolute atomic E-state index is 13.0. The van der Waals surface area contributed by atoms with Gasteiger partial charge >= 0.3 is 6.09 Å². The van der Waals surface area contributed by atoms with Gasteiger partial charge in [0.1, 0.15) is 12.6 Å². The molecule has 2 fully saturated rings. The molecule has 0 spiro atoms. The van der Waals surface area contributed by atoms with E-state index in [1.165, 1.54) is 47.6 Å². The third kappa shape index (κ3) is 5.54. The molecule has 1 aromatic heterocycles. The van der Waals surface area contributed by atoms with Crippen LogP contribution in [0.1, 0.15) is 44.1 Å². The number of rotatable bonds is 7. The summed E-state index contributed by atoms with van der Waals surface area (Å²) in [4.78, 5) is 34.2. The number of benzene rings is 2. The first kappa shape index (κ1) is 24.3. The molecule has 1 saturated carbocycles. The highest BCUT2D eigenvalue weighted by molar-refractivity contribution is 7.14. The lowest BCUT2D eigenvalue weighted by Gasteiger charge is -2.26. The van der Waals surface area contributed by atoms with Crippen molar-refractivity contribution in [3.63, 3.8) is 0 Å². The molecule has 2 amide bonds. The number of amides is 2. The number of carbonyl (C=O) groups excluding carboxylic acids is 2. The van der Waals surface area contributed by atoms with Gasteiger partial charge in [0.25, 0.3) is 0 Å². The number of thiazole rings is 1. The second kappa shape index (κ2) is 11.1.